The lowest BCUT2D eigenvalue weighted by molar-refractivity contribution is -0.0684. The third kappa shape index (κ3) is 3.69. The Balaban J connectivity index is 0.000000212. The Hall–Kier alpha value is -0.730. The zero-order valence-corrected chi connectivity index (χ0v) is 8.77. The molecule has 0 aromatic heterocycles. The summed E-state index contributed by atoms with van der Waals surface area (Å²) >= 11 is 0. The first-order valence-electron chi connectivity index (χ1n) is 5.03. The minimum absolute atomic E-state index is 0.00287. The molecule has 0 radical (unpaired) electrons. The fraction of sp³-hybridized carbons (Fsp3) is 0.889. The van der Waals surface area contributed by atoms with Crippen LogP contribution in [0.5, 0.6) is 0 Å². The molecule has 4 N–H and O–H groups in total. The molecule has 0 aromatic carbocycles. The van der Waals surface area contributed by atoms with Crippen molar-refractivity contribution in [2.75, 3.05) is 26.4 Å². The summed E-state index contributed by atoms with van der Waals surface area (Å²) in [6.45, 7) is 1.15. The monoisotopic (exact) mass is 235 g/mol. The normalized spacial score (nSPS) is 34.1. The van der Waals surface area contributed by atoms with E-state index in [1.54, 1.807) is 0 Å². The molecule has 7 heteroatoms. The molecule has 0 bridgehead atoms. The van der Waals surface area contributed by atoms with Crippen LogP contribution in [0.1, 0.15) is 0 Å². The van der Waals surface area contributed by atoms with E-state index in [9.17, 15) is 0 Å². The van der Waals surface area contributed by atoms with Crippen LogP contribution in [0.3, 0.4) is 0 Å². The number of hydrogen-bond acceptors (Lipinski definition) is 7. The highest BCUT2D eigenvalue weighted by Crippen LogP contribution is 2.16. The zero-order valence-electron chi connectivity index (χ0n) is 8.77. The molecule has 2 heterocycles. The zero-order chi connectivity index (χ0) is 12.0. The van der Waals surface area contributed by atoms with E-state index in [2.05, 4.69) is 9.73 Å². The highest BCUT2D eigenvalue weighted by molar-refractivity contribution is 5.47. The van der Waals surface area contributed by atoms with Gasteiger partial charge in [0, 0.05) is 0 Å². The van der Waals surface area contributed by atoms with Gasteiger partial charge in [-0.15, -0.1) is 0 Å². The maximum atomic E-state index is 9.11. The summed E-state index contributed by atoms with van der Waals surface area (Å²) in [4.78, 5) is 3.74. The Morgan fingerprint density at radius 3 is 2.50 bits per heavy atom. The molecule has 0 aromatic rings. The van der Waals surface area contributed by atoms with Crippen molar-refractivity contribution in [3.63, 3.8) is 0 Å². The molecule has 2 aliphatic rings. The molecule has 0 unspecified atom stereocenters. The standard InChI is InChI=1S/C6H12O5.C3H5NO/c7-1-3(8)6-5(10)4(9)2-11-6;1-2-5-3-4-1/h3-10H,1-2H2;3H,1-2H2/t3-,4+,5-,6-;/m1./s1. The summed E-state index contributed by atoms with van der Waals surface area (Å²) in [6.07, 6.45) is -2.56. The average molecular weight is 235 g/mol. The second-order valence-electron chi connectivity index (χ2n) is 3.49. The molecule has 16 heavy (non-hydrogen) atoms. The van der Waals surface area contributed by atoms with Crippen LogP contribution in [0.2, 0.25) is 0 Å². The lowest BCUT2D eigenvalue weighted by atomic mass is 10.1. The van der Waals surface area contributed by atoms with Crippen LogP contribution in [0, 0.1) is 0 Å². The first kappa shape index (κ1) is 13.3. The molecular formula is C9H17NO6. The van der Waals surface area contributed by atoms with Crippen molar-refractivity contribution in [3.05, 3.63) is 0 Å². The SMILES string of the molecule is C1=NCCO1.OC[C@@H](O)[C@H]1OC[C@H](O)[C@H]1O. The summed E-state index contributed by atoms with van der Waals surface area (Å²) in [5.74, 6) is 0. The van der Waals surface area contributed by atoms with Gasteiger partial charge >= 0.3 is 0 Å². The molecule has 1 saturated heterocycles. The molecule has 4 atom stereocenters. The molecular weight excluding hydrogens is 218 g/mol. The highest BCUT2D eigenvalue weighted by atomic mass is 16.5. The first-order valence-corrected chi connectivity index (χ1v) is 5.03. The number of aliphatic imine (C=N–C) groups is 1. The number of aliphatic hydroxyl groups is 4. The van der Waals surface area contributed by atoms with Crippen LogP contribution in [-0.4, -0.2) is 77.6 Å². The van der Waals surface area contributed by atoms with Gasteiger partial charge in [-0.2, -0.15) is 0 Å². The Labute approximate surface area is 93.0 Å². The van der Waals surface area contributed by atoms with E-state index in [0.29, 0.717) is 0 Å². The molecule has 0 amide bonds. The number of ether oxygens (including phenoxy) is 2. The Kier molecular flexibility index (Phi) is 5.64. The second-order valence-corrected chi connectivity index (χ2v) is 3.49. The van der Waals surface area contributed by atoms with Crippen molar-refractivity contribution < 1.29 is 29.9 Å². The van der Waals surface area contributed by atoms with Crippen LogP contribution in [0.25, 0.3) is 0 Å². The van der Waals surface area contributed by atoms with Gasteiger partial charge in [0.1, 0.15) is 31.0 Å². The number of rotatable bonds is 2. The van der Waals surface area contributed by atoms with E-state index in [1.807, 2.05) is 0 Å². The number of nitrogens with zero attached hydrogens (tertiary/aromatic N) is 1. The van der Waals surface area contributed by atoms with Crippen LogP contribution in [0.4, 0.5) is 0 Å². The van der Waals surface area contributed by atoms with Gasteiger partial charge in [0.05, 0.1) is 19.8 Å². The third-order valence-electron chi connectivity index (χ3n) is 2.24. The quantitative estimate of drug-likeness (QED) is 0.421. The van der Waals surface area contributed by atoms with Gasteiger partial charge in [0.2, 0.25) is 0 Å². The smallest absolute Gasteiger partial charge is 0.169 e. The van der Waals surface area contributed by atoms with E-state index in [4.69, 9.17) is 25.2 Å². The van der Waals surface area contributed by atoms with E-state index >= 15 is 0 Å². The minimum Gasteiger partial charge on any atom is -0.482 e. The molecule has 2 rings (SSSR count). The van der Waals surface area contributed by atoms with Gasteiger partial charge in [0.25, 0.3) is 0 Å². The fourth-order valence-corrected chi connectivity index (χ4v) is 1.33. The largest absolute Gasteiger partial charge is 0.482 e. The van der Waals surface area contributed by atoms with Crippen molar-refractivity contribution >= 4 is 6.40 Å². The van der Waals surface area contributed by atoms with Crippen molar-refractivity contribution in [2.24, 2.45) is 4.99 Å². The molecule has 0 aliphatic carbocycles. The van der Waals surface area contributed by atoms with Crippen LogP contribution in [0.15, 0.2) is 4.99 Å². The van der Waals surface area contributed by atoms with Crippen molar-refractivity contribution in [1.82, 2.24) is 0 Å². The van der Waals surface area contributed by atoms with E-state index < -0.39 is 31.0 Å². The van der Waals surface area contributed by atoms with Gasteiger partial charge in [0.15, 0.2) is 6.40 Å². The second kappa shape index (κ2) is 6.77. The Morgan fingerprint density at radius 1 is 1.44 bits per heavy atom. The molecule has 0 spiro atoms. The molecule has 7 nitrogen and oxygen atoms in total. The lowest BCUT2D eigenvalue weighted by Gasteiger charge is -2.18. The van der Waals surface area contributed by atoms with Crippen LogP contribution >= 0.6 is 0 Å². The summed E-state index contributed by atoms with van der Waals surface area (Å²) in [6, 6.07) is 0. The fourth-order valence-electron chi connectivity index (χ4n) is 1.33. The highest BCUT2D eigenvalue weighted by Gasteiger charge is 2.38. The lowest BCUT2D eigenvalue weighted by Crippen LogP contribution is -2.40. The molecule has 1 fully saturated rings. The first-order chi connectivity index (χ1) is 7.66. The predicted octanol–water partition coefficient (Wildman–Crippen LogP) is -2.49. The summed E-state index contributed by atoms with van der Waals surface area (Å²) in [5, 5.41) is 35.5. The van der Waals surface area contributed by atoms with Gasteiger partial charge in [-0.3, -0.25) is 4.99 Å². The predicted molar refractivity (Wildman–Crippen MR) is 54.2 cm³/mol. The van der Waals surface area contributed by atoms with Crippen molar-refractivity contribution in [3.8, 4) is 0 Å². The maximum Gasteiger partial charge on any atom is 0.169 e. The Morgan fingerprint density at radius 2 is 2.19 bits per heavy atom. The van der Waals surface area contributed by atoms with Crippen molar-refractivity contribution in [1.29, 1.82) is 0 Å². The van der Waals surface area contributed by atoms with Crippen LogP contribution in [-0.2, 0) is 9.47 Å². The molecule has 2 aliphatic heterocycles. The Bertz CT molecular complexity index is 218. The van der Waals surface area contributed by atoms with E-state index in [-0.39, 0.29) is 6.61 Å². The topological polar surface area (TPSA) is 112 Å². The van der Waals surface area contributed by atoms with Gasteiger partial charge in [-0.25, -0.2) is 0 Å². The maximum absolute atomic E-state index is 9.11. The summed E-state index contributed by atoms with van der Waals surface area (Å²) < 4.78 is 9.47. The minimum atomic E-state index is -1.12. The van der Waals surface area contributed by atoms with Gasteiger partial charge in [-0.1, -0.05) is 0 Å². The average Bonchev–Trinajstić information content (AvgIpc) is 2.94. The van der Waals surface area contributed by atoms with Gasteiger partial charge in [-0.05, 0) is 0 Å². The van der Waals surface area contributed by atoms with Crippen LogP contribution < -0.4 is 0 Å². The summed E-state index contributed by atoms with van der Waals surface area (Å²) in [5.41, 5.74) is 0. The summed E-state index contributed by atoms with van der Waals surface area (Å²) in [7, 11) is 0. The van der Waals surface area contributed by atoms with E-state index in [0.717, 1.165) is 13.2 Å². The number of aliphatic hydroxyl groups excluding tert-OH is 4. The molecule has 0 saturated carbocycles. The van der Waals surface area contributed by atoms with Crippen molar-refractivity contribution in [2.45, 2.75) is 24.4 Å². The third-order valence-corrected chi connectivity index (χ3v) is 2.24. The number of hydrogen-bond donors (Lipinski definition) is 4. The van der Waals surface area contributed by atoms with Gasteiger partial charge < -0.3 is 29.9 Å². The van der Waals surface area contributed by atoms with E-state index in [1.165, 1.54) is 6.40 Å². The molecule has 94 valence electrons.